The van der Waals surface area contributed by atoms with Crippen LogP contribution < -0.4 is 0 Å². The quantitative estimate of drug-likeness (QED) is 0.887. The lowest BCUT2D eigenvalue weighted by Crippen LogP contribution is -2.36. The summed E-state index contributed by atoms with van der Waals surface area (Å²) in [5, 5.41) is 9.90. The molecule has 0 aliphatic heterocycles. The summed E-state index contributed by atoms with van der Waals surface area (Å²) in [6.45, 7) is 0.382. The van der Waals surface area contributed by atoms with E-state index in [-0.39, 0.29) is 12.3 Å². The van der Waals surface area contributed by atoms with E-state index in [1.165, 1.54) is 6.26 Å². The van der Waals surface area contributed by atoms with Gasteiger partial charge in [0.1, 0.15) is 6.26 Å². The molecule has 0 radical (unpaired) electrons. The van der Waals surface area contributed by atoms with Crippen LogP contribution in [0, 0.1) is 5.92 Å². The highest BCUT2D eigenvalue weighted by Gasteiger charge is 2.31. The number of aliphatic hydroxyl groups is 1. The molecule has 2 aromatic rings. The lowest BCUT2D eigenvalue weighted by molar-refractivity contribution is -0.130. The Morgan fingerprint density at radius 3 is 2.82 bits per heavy atom. The molecule has 0 bridgehead atoms. The van der Waals surface area contributed by atoms with Crippen molar-refractivity contribution in [2.24, 2.45) is 5.92 Å². The van der Waals surface area contributed by atoms with Gasteiger partial charge < -0.3 is 14.4 Å². The van der Waals surface area contributed by atoms with Gasteiger partial charge in [-0.3, -0.25) is 4.79 Å². The zero-order valence-corrected chi connectivity index (χ0v) is 12.6. The summed E-state index contributed by atoms with van der Waals surface area (Å²) in [7, 11) is 1.71. The van der Waals surface area contributed by atoms with Gasteiger partial charge in [0.05, 0.1) is 18.2 Å². The minimum absolute atomic E-state index is 0.0624. The van der Waals surface area contributed by atoms with Gasteiger partial charge >= 0.3 is 0 Å². The van der Waals surface area contributed by atoms with Gasteiger partial charge in [0, 0.05) is 19.2 Å². The number of oxazole rings is 1. The van der Waals surface area contributed by atoms with Crippen molar-refractivity contribution < 1.29 is 14.3 Å². The second-order valence-electron chi connectivity index (χ2n) is 5.87. The van der Waals surface area contributed by atoms with E-state index in [9.17, 15) is 9.90 Å². The van der Waals surface area contributed by atoms with Crippen LogP contribution in [0.15, 0.2) is 41.0 Å². The number of rotatable bonds is 6. The Balaban J connectivity index is 1.58. The summed E-state index contributed by atoms with van der Waals surface area (Å²) in [5.41, 5.74) is 1.50. The van der Waals surface area contributed by atoms with Crippen molar-refractivity contribution in [2.75, 3.05) is 13.6 Å². The maximum absolute atomic E-state index is 12.2. The van der Waals surface area contributed by atoms with E-state index in [0.29, 0.717) is 24.0 Å². The maximum Gasteiger partial charge on any atom is 0.228 e. The maximum atomic E-state index is 12.2. The molecule has 3 rings (SSSR count). The standard InChI is InChI=1S/C17H20N2O3/c1-19(10-15(20)12-7-8-12)16(21)9-14-11-22-17(18-14)13-5-3-2-4-6-13/h2-6,11-12,15,20H,7-10H2,1H3. The van der Waals surface area contributed by atoms with E-state index in [1.54, 1.807) is 11.9 Å². The van der Waals surface area contributed by atoms with Gasteiger partial charge in [-0.1, -0.05) is 18.2 Å². The van der Waals surface area contributed by atoms with Gasteiger partial charge in [-0.05, 0) is 30.9 Å². The molecule has 116 valence electrons. The van der Waals surface area contributed by atoms with Crippen LogP contribution in [0.3, 0.4) is 0 Å². The van der Waals surface area contributed by atoms with Crippen LogP contribution in [0.1, 0.15) is 18.5 Å². The third kappa shape index (κ3) is 3.54. The van der Waals surface area contributed by atoms with Gasteiger partial charge in [0.2, 0.25) is 11.8 Å². The highest BCUT2D eigenvalue weighted by molar-refractivity contribution is 5.78. The molecule has 1 saturated carbocycles. The van der Waals surface area contributed by atoms with Crippen LogP contribution in [-0.2, 0) is 11.2 Å². The Bertz CT molecular complexity index is 634. The smallest absolute Gasteiger partial charge is 0.228 e. The monoisotopic (exact) mass is 300 g/mol. The van der Waals surface area contributed by atoms with E-state index in [0.717, 1.165) is 18.4 Å². The molecule has 0 spiro atoms. The molecule has 0 saturated heterocycles. The SMILES string of the molecule is CN(CC(O)C1CC1)C(=O)Cc1coc(-c2ccccc2)n1. The van der Waals surface area contributed by atoms with Crippen molar-refractivity contribution in [3.63, 3.8) is 0 Å². The first-order chi connectivity index (χ1) is 10.6. The average molecular weight is 300 g/mol. The van der Waals surface area contributed by atoms with Crippen molar-refractivity contribution in [1.29, 1.82) is 0 Å². The first-order valence-electron chi connectivity index (χ1n) is 7.55. The van der Waals surface area contributed by atoms with Crippen LogP contribution in [-0.4, -0.2) is 40.6 Å². The lowest BCUT2D eigenvalue weighted by atomic mass is 10.2. The van der Waals surface area contributed by atoms with Crippen molar-refractivity contribution in [1.82, 2.24) is 9.88 Å². The summed E-state index contributed by atoms with van der Waals surface area (Å²) in [6, 6.07) is 9.58. The molecule has 1 fully saturated rings. The van der Waals surface area contributed by atoms with Crippen molar-refractivity contribution >= 4 is 5.91 Å². The van der Waals surface area contributed by atoms with Crippen LogP contribution in [0.5, 0.6) is 0 Å². The Hall–Kier alpha value is -2.14. The fraction of sp³-hybridized carbons (Fsp3) is 0.412. The number of hydrogen-bond donors (Lipinski definition) is 1. The number of hydrogen-bond acceptors (Lipinski definition) is 4. The summed E-state index contributed by atoms with van der Waals surface area (Å²) in [5.74, 6) is 0.823. The molecular formula is C17H20N2O3. The predicted octanol–water partition coefficient (Wildman–Crippen LogP) is 2.11. The van der Waals surface area contributed by atoms with Gasteiger partial charge in [-0.2, -0.15) is 0 Å². The number of aromatic nitrogens is 1. The summed E-state index contributed by atoms with van der Waals surface area (Å²) < 4.78 is 5.43. The second kappa shape index (κ2) is 6.32. The highest BCUT2D eigenvalue weighted by atomic mass is 16.3. The minimum atomic E-state index is -0.411. The van der Waals surface area contributed by atoms with Crippen molar-refractivity contribution in [2.45, 2.75) is 25.4 Å². The molecular weight excluding hydrogens is 280 g/mol. The molecule has 1 N–H and O–H groups in total. The molecule has 1 aliphatic rings. The van der Waals surface area contributed by atoms with E-state index in [1.807, 2.05) is 30.3 Å². The molecule has 5 nitrogen and oxygen atoms in total. The lowest BCUT2D eigenvalue weighted by Gasteiger charge is -2.20. The van der Waals surface area contributed by atoms with Crippen LogP contribution in [0.2, 0.25) is 0 Å². The van der Waals surface area contributed by atoms with Crippen LogP contribution in [0.25, 0.3) is 11.5 Å². The molecule has 22 heavy (non-hydrogen) atoms. The third-order valence-electron chi connectivity index (χ3n) is 3.96. The number of nitrogens with zero attached hydrogens (tertiary/aromatic N) is 2. The zero-order chi connectivity index (χ0) is 15.5. The molecule has 1 atom stereocenters. The number of amides is 1. The number of benzene rings is 1. The Labute approximate surface area is 129 Å². The summed E-state index contributed by atoms with van der Waals surface area (Å²) >= 11 is 0. The number of carbonyl (C=O) groups excluding carboxylic acids is 1. The van der Waals surface area contributed by atoms with Gasteiger partial charge in [0.25, 0.3) is 0 Å². The largest absolute Gasteiger partial charge is 0.444 e. The molecule has 1 amide bonds. The van der Waals surface area contributed by atoms with E-state index in [2.05, 4.69) is 4.98 Å². The molecule has 1 heterocycles. The third-order valence-corrected chi connectivity index (χ3v) is 3.96. The second-order valence-corrected chi connectivity index (χ2v) is 5.87. The Kier molecular flexibility index (Phi) is 4.24. The fourth-order valence-electron chi connectivity index (χ4n) is 2.40. The zero-order valence-electron chi connectivity index (χ0n) is 12.6. The van der Waals surface area contributed by atoms with Crippen LogP contribution >= 0.6 is 0 Å². The molecule has 5 heteroatoms. The van der Waals surface area contributed by atoms with Crippen molar-refractivity contribution in [3.8, 4) is 11.5 Å². The number of likely N-dealkylation sites (N-methyl/N-ethyl adjacent to an activating group) is 1. The van der Waals surface area contributed by atoms with Crippen LogP contribution in [0.4, 0.5) is 0 Å². The number of carbonyl (C=O) groups is 1. The molecule has 1 aromatic heterocycles. The molecule has 1 unspecified atom stereocenters. The first-order valence-corrected chi connectivity index (χ1v) is 7.55. The Morgan fingerprint density at radius 2 is 2.14 bits per heavy atom. The normalized spacial score (nSPS) is 15.5. The number of aliphatic hydroxyl groups excluding tert-OH is 1. The van der Waals surface area contributed by atoms with Crippen molar-refractivity contribution in [3.05, 3.63) is 42.3 Å². The minimum Gasteiger partial charge on any atom is -0.444 e. The van der Waals surface area contributed by atoms with Gasteiger partial charge in [0.15, 0.2) is 0 Å². The molecule has 1 aromatic carbocycles. The summed E-state index contributed by atoms with van der Waals surface area (Å²) in [4.78, 5) is 18.1. The van der Waals surface area contributed by atoms with Gasteiger partial charge in [-0.25, -0.2) is 4.98 Å². The molecule has 1 aliphatic carbocycles. The highest BCUT2D eigenvalue weighted by Crippen LogP contribution is 2.32. The predicted molar refractivity (Wildman–Crippen MR) is 82.0 cm³/mol. The van der Waals surface area contributed by atoms with Gasteiger partial charge in [-0.15, -0.1) is 0 Å². The first kappa shape index (κ1) is 14.8. The van der Waals surface area contributed by atoms with E-state index < -0.39 is 6.10 Å². The Morgan fingerprint density at radius 1 is 1.41 bits per heavy atom. The fourth-order valence-corrected chi connectivity index (χ4v) is 2.40. The average Bonchev–Trinajstić information content (AvgIpc) is 3.28. The topological polar surface area (TPSA) is 66.6 Å². The van der Waals surface area contributed by atoms with E-state index in [4.69, 9.17) is 4.42 Å². The van der Waals surface area contributed by atoms with E-state index >= 15 is 0 Å². The summed E-state index contributed by atoms with van der Waals surface area (Å²) in [6.07, 6.45) is 3.42.